The third-order valence-corrected chi connectivity index (χ3v) is 5.00. The quantitative estimate of drug-likeness (QED) is 0.364. The molecule has 1 radical (unpaired) electrons. The van der Waals surface area contributed by atoms with Crippen molar-refractivity contribution in [2.24, 2.45) is 0 Å². The van der Waals surface area contributed by atoms with Gasteiger partial charge < -0.3 is 0 Å². The fourth-order valence-corrected chi connectivity index (χ4v) is 4.00. The SMILES string of the molecule is CC(C)(C)c1[c]c(C(C)(C)C)c(C(C)(C)C)c(C(C)(C)C)c1C(C)(C)C.[SnH4].[SnH4]. The van der Waals surface area contributed by atoms with E-state index in [4.69, 9.17) is 0 Å². The monoisotopic (exact) mass is 605 g/mol. The Bertz CT molecular complexity index is 611. The van der Waals surface area contributed by atoms with Crippen LogP contribution in [-0.2, 0) is 27.1 Å². The second-order valence-corrected chi connectivity index (χ2v) is 13.2. The number of hydrogen-bond donors (Lipinski definition) is 0. The van der Waals surface area contributed by atoms with Crippen LogP contribution in [0.2, 0.25) is 0 Å². The van der Waals surface area contributed by atoms with Gasteiger partial charge in [0.25, 0.3) is 0 Å². The van der Waals surface area contributed by atoms with Crippen LogP contribution < -0.4 is 0 Å². The molecule has 0 spiro atoms. The van der Waals surface area contributed by atoms with E-state index in [1.54, 1.807) is 5.56 Å². The van der Waals surface area contributed by atoms with E-state index in [0.717, 1.165) is 0 Å². The molecule has 0 fully saturated rings. The predicted octanol–water partition coefficient (Wildman–Crippen LogP) is 5.07. The van der Waals surface area contributed by atoms with Gasteiger partial charge in [0.2, 0.25) is 0 Å². The topological polar surface area (TPSA) is 0 Å². The fraction of sp³-hybridized carbons (Fsp3) is 0.769. The van der Waals surface area contributed by atoms with Crippen LogP contribution in [0.15, 0.2) is 0 Å². The van der Waals surface area contributed by atoms with Gasteiger partial charge in [0.15, 0.2) is 0 Å². The van der Waals surface area contributed by atoms with Crippen molar-refractivity contribution in [2.75, 3.05) is 0 Å². The molecule has 0 bridgehead atoms. The van der Waals surface area contributed by atoms with E-state index < -0.39 is 0 Å². The van der Waals surface area contributed by atoms with Gasteiger partial charge in [0.05, 0.1) is 0 Å². The predicted molar refractivity (Wildman–Crippen MR) is 141 cm³/mol. The minimum absolute atomic E-state index is 0. The Morgan fingerprint density at radius 1 is 0.357 bits per heavy atom. The van der Waals surface area contributed by atoms with Crippen LogP contribution in [0.25, 0.3) is 0 Å². The third-order valence-electron chi connectivity index (χ3n) is 5.00. The summed E-state index contributed by atoms with van der Waals surface area (Å²) in [5.74, 6) is 0. The van der Waals surface area contributed by atoms with Crippen LogP contribution in [-0.4, -0.2) is 47.8 Å². The number of benzene rings is 1. The van der Waals surface area contributed by atoms with Gasteiger partial charge in [-0.2, -0.15) is 0 Å². The number of rotatable bonds is 0. The molecule has 0 aliphatic carbocycles. The molecular formula is C26H53Sn2. The van der Waals surface area contributed by atoms with Crippen LogP contribution in [0.1, 0.15) is 132 Å². The van der Waals surface area contributed by atoms with Gasteiger partial charge in [-0.1, -0.05) is 104 Å². The van der Waals surface area contributed by atoms with E-state index in [9.17, 15) is 0 Å². The zero-order chi connectivity index (χ0) is 21.1. The van der Waals surface area contributed by atoms with Crippen LogP contribution in [0, 0.1) is 6.07 Å². The first-order valence-corrected chi connectivity index (χ1v) is 10.2. The molecule has 0 amide bonds. The molecule has 0 aliphatic heterocycles. The molecule has 0 aromatic heterocycles. The first-order valence-electron chi connectivity index (χ1n) is 10.2. The Kier molecular flexibility index (Phi) is 10.1. The molecule has 0 heterocycles. The maximum absolute atomic E-state index is 3.99. The first-order chi connectivity index (χ1) is 11.1. The van der Waals surface area contributed by atoms with Gasteiger partial charge in [-0.25, -0.2) is 0 Å². The van der Waals surface area contributed by atoms with Crippen molar-refractivity contribution in [2.45, 2.75) is 131 Å². The van der Waals surface area contributed by atoms with Gasteiger partial charge in [0, 0.05) is 0 Å². The molecular weight excluding hydrogens is 550 g/mol. The molecule has 1 aromatic carbocycles. The summed E-state index contributed by atoms with van der Waals surface area (Å²) in [4.78, 5) is 0. The van der Waals surface area contributed by atoms with E-state index in [1.165, 1.54) is 22.3 Å². The fourth-order valence-electron chi connectivity index (χ4n) is 4.00. The molecule has 28 heavy (non-hydrogen) atoms. The zero-order valence-corrected chi connectivity index (χ0v) is 20.5. The van der Waals surface area contributed by atoms with E-state index in [-0.39, 0.29) is 74.9 Å². The maximum atomic E-state index is 3.99. The first kappa shape index (κ1) is 31.0. The summed E-state index contributed by atoms with van der Waals surface area (Å²) in [6.07, 6.45) is 0. The van der Waals surface area contributed by atoms with E-state index in [0.29, 0.717) is 0 Å². The summed E-state index contributed by atoms with van der Waals surface area (Å²) in [5.41, 5.74) is 7.74. The second-order valence-electron chi connectivity index (χ2n) is 13.2. The molecule has 165 valence electrons. The van der Waals surface area contributed by atoms with Crippen LogP contribution in [0.5, 0.6) is 0 Å². The van der Waals surface area contributed by atoms with Crippen LogP contribution >= 0.6 is 0 Å². The second kappa shape index (κ2) is 9.13. The van der Waals surface area contributed by atoms with Gasteiger partial charge in [-0.15, -0.1) is 0 Å². The minimum atomic E-state index is 0. The average molecular weight is 603 g/mol. The summed E-state index contributed by atoms with van der Waals surface area (Å²) in [7, 11) is 0. The zero-order valence-electron chi connectivity index (χ0n) is 20.5. The average Bonchev–Trinajstić information content (AvgIpc) is 2.30. The van der Waals surface area contributed by atoms with Gasteiger partial charge in [0.1, 0.15) is 0 Å². The molecule has 0 unspecified atom stereocenters. The summed E-state index contributed by atoms with van der Waals surface area (Å²) < 4.78 is 0. The van der Waals surface area contributed by atoms with Gasteiger partial charge in [-0.05, 0) is 61.0 Å². The molecule has 0 atom stereocenters. The molecule has 0 nitrogen and oxygen atoms in total. The Morgan fingerprint density at radius 3 is 0.714 bits per heavy atom. The van der Waals surface area contributed by atoms with Gasteiger partial charge in [-0.3, -0.25) is 0 Å². The molecule has 0 N–H and O–H groups in total. The Hall–Kier alpha value is 0.817. The van der Waals surface area contributed by atoms with Crippen molar-refractivity contribution in [1.82, 2.24) is 0 Å². The van der Waals surface area contributed by atoms with E-state index >= 15 is 0 Å². The van der Waals surface area contributed by atoms with Crippen molar-refractivity contribution in [3.05, 3.63) is 33.9 Å². The molecule has 0 saturated heterocycles. The van der Waals surface area contributed by atoms with Crippen molar-refractivity contribution < 1.29 is 0 Å². The Balaban J connectivity index is 0. The Morgan fingerprint density at radius 2 is 0.571 bits per heavy atom. The van der Waals surface area contributed by atoms with Gasteiger partial charge >= 0.3 is 47.8 Å². The summed E-state index contributed by atoms with van der Waals surface area (Å²) in [5, 5.41) is 0. The van der Waals surface area contributed by atoms with Crippen molar-refractivity contribution >= 4 is 47.8 Å². The summed E-state index contributed by atoms with van der Waals surface area (Å²) in [6, 6.07) is 3.99. The summed E-state index contributed by atoms with van der Waals surface area (Å²) >= 11 is 0. The molecule has 1 aromatic rings. The van der Waals surface area contributed by atoms with Crippen molar-refractivity contribution in [1.29, 1.82) is 0 Å². The van der Waals surface area contributed by atoms with Crippen LogP contribution in [0.3, 0.4) is 0 Å². The Labute approximate surface area is 211 Å². The summed E-state index contributed by atoms with van der Waals surface area (Å²) in [6.45, 7) is 35.4. The van der Waals surface area contributed by atoms with E-state index in [1.807, 2.05) is 0 Å². The molecule has 0 saturated carbocycles. The van der Waals surface area contributed by atoms with Crippen LogP contribution in [0.4, 0.5) is 0 Å². The third kappa shape index (κ3) is 6.92. The van der Waals surface area contributed by atoms with Crippen molar-refractivity contribution in [3.8, 4) is 0 Å². The number of hydrogen-bond acceptors (Lipinski definition) is 0. The standard InChI is InChI=1S/C26H45.2Sn.8H/c1-22(2,3)17-16-18(23(4,5)6)20(25(10,11)12)21(26(13,14)15)19(17)24(7,8)9;;;;;;;;;;/h1-15H3;;;;;;;;;;. The molecule has 2 heteroatoms. The van der Waals surface area contributed by atoms with E-state index in [2.05, 4.69) is 110 Å². The molecule has 1 rings (SSSR count). The molecule has 0 aliphatic rings. The normalized spacial score (nSPS) is 13.7. The van der Waals surface area contributed by atoms with Crippen molar-refractivity contribution in [3.63, 3.8) is 0 Å².